The first-order valence-electron chi connectivity index (χ1n) is 14.3. The summed E-state index contributed by atoms with van der Waals surface area (Å²) in [5.74, 6) is 0.958. The zero-order valence-corrected chi connectivity index (χ0v) is 23.6. The molecule has 0 radical (unpaired) electrons. The normalized spacial score (nSPS) is 45.5. The summed E-state index contributed by atoms with van der Waals surface area (Å²) in [4.78, 5) is 39.2. The third kappa shape index (κ3) is 3.29. The van der Waals surface area contributed by atoms with Crippen LogP contribution in [0.1, 0.15) is 112 Å². The molecule has 7 atom stereocenters. The molecule has 0 amide bonds. The molecule has 0 aromatic rings. The molecule has 0 bridgehead atoms. The average molecular weight is 499 g/mol. The number of rotatable bonds is 2. The van der Waals surface area contributed by atoms with Crippen molar-refractivity contribution in [1.82, 2.24) is 0 Å². The summed E-state index contributed by atoms with van der Waals surface area (Å²) < 4.78 is 11.1. The Morgan fingerprint density at radius 3 is 2.25 bits per heavy atom. The van der Waals surface area contributed by atoms with E-state index in [9.17, 15) is 14.4 Å². The molecule has 0 N–H and O–H groups in total. The smallest absolute Gasteiger partial charge is 0.316 e. The van der Waals surface area contributed by atoms with Crippen LogP contribution in [-0.2, 0) is 23.9 Å². The number of fused-ring (bicyclic) bond motifs is 6. The Bertz CT molecular complexity index is 1020. The summed E-state index contributed by atoms with van der Waals surface area (Å²) in [5.41, 5.74) is 0.927. The fourth-order valence-electron chi connectivity index (χ4n) is 10.1. The molecular weight excluding hydrogens is 452 g/mol. The van der Waals surface area contributed by atoms with Crippen LogP contribution in [0.3, 0.4) is 0 Å². The first-order chi connectivity index (χ1) is 16.7. The fraction of sp³-hybridized carbons (Fsp3) is 0.839. The number of hydrogen-bond donors (Lipinski definition) is 0. The van der Waals surface area contributed by atoms with Gasteiger partial charge in [0.2, 0.25) is 0 Å². The Kier molecular flexibility index (Phi) is 5.90. The van der Waals surface area contributed by atoms with Crippen molar-refractivity contribution in [2.75, 3.05) is 7.11 Å². The second-order valence-electron chi connectivity index (χ2n) is 14.2. The quantitative estimate of drug-likeness (QED) is 0.402. The summed E-state index contributed by atoms with van der Waals surface area (Å²) in [6.07, 6.45) is 10.4. The predicted octanol–water partition coefficient (Wildman–Crippen LogP) is 6.58. The summed E-state index contributed by atoms with van der Waals surface area (Å²) in [6, 6.07) is 0. The van der Waals surface area contributed by atoms with E-state index in [-0.39, 0.29) is 40.1 Å². The summed E-state index contributed by atoms with van der Waals surface area (Å²) in [6.45, 7) is 13.0. The molecule has 36 heavy (non-hydrogen) atoms. The molecule has 0 aliphatic heterocycles. The van der Waals surface area contributed by atoms with Gasteiger partial charge in [-0.3, -0.25) is 14.4 Å². The molecule has 5 heteroatoms. The van der Waals surface area contributed by atoms with Crippen LogP contribution in [0.25, 0.3) is 0 Å². The number of allylic oxidation sites excluding steroid dienone is 1. The van der Waals surface area contributed by atoms with Gasteiger partial charge in [0.1, 0.15) is 6.10 Å². The Labute approximate surface area is 217 Å². The highest BCUT2D eigenvalue weighted by molar-refractivity contribution is 6.07. The van der Waals surface area contributed by atoms with E-state index in [0.717, 1.165) is 56.9 Å². The van der Waals surface area contributed by atoms with Crippen molar-refractivity contribution < 1.29 is 23.9 Å². The second kappa shape index (κ2) is 8.17. The maximum atomic E-state index is 14.1. The van der Waals surface area contributed by atoms with Crippen LogP contribution in [0.15, 0.2) is 11.1 Å². The molecule has 0 aromatic heterocycles. The lowest BCUT2D eigenvalue weighted by atomic mass is 9.35. The van der Waals surface area contributed by atoms with Gasteiger partial charge < -0.3 is 9.47 Å². The van der Waals surface area contributed by atoms with Gasteiger partial charge in [0.05, 0.1) is 12.5 Å². The van der Waals surface area contributed by atoms with Crippen LogP contribution in [0.2, 0.25) is 0 Å². The highest BCUT2D eigenvalue weighted by atomic mass is 16.5. The molecule has 0 saturated heterocycles. The van der Waals surface area contributed by atoms with Crippen molar-refractivity contribution in [1.29, 1.82) is 0 Å². The number of ketones is 1. The second-order valence-corrected chi connectivity index (χ2v) is 14.2. The number of methoxy groups -OCH3 is 1. The highest BCUT2D eigenvalue weighted by Gasteiger charge is 2.67. The number of ether oxygens (including phenoxy) is 2. The third-order valence-electron chi connectivity index (χ3n) is 12.4. The van der Waals surface area contributed by atoms with E-state index >= 15 is 0 Å². The van der Waals surface area contributed by atoms with E-state index in [1.807, 2.05) is 13.8 Å². The van der Waals surface area contributed by atoms with E-state index in [1.165, 1.54) is 26.0 Å². The summed E-state index contributed by atoms with van der Waals surface area (Å²) >= 11 is 0. The third-order valence-corrected chi connectivity index (χ3v) is 12.4. The van der Waals surface area contributed by atoms with Crippen molar-refractivity contribution in [2.24, 2.45) is 38.9 Å². The summed E-state index contributed by atoms with van der Waals surface area (Å²) in [7, 11) is 1.47. The van der Waals surface area contributed by atoms with Gasteiger partial charge in [-0.15, -0.1) is 0 Å². The van der Waals surface area contributed by atoms with Crippen LogP contribution >= 0.6 is 0 Å². The van der Waals surface area contributed by atoms with Gasteiger partial charge in [-0.1, -0.05) is 40.2 Å². The average Bonchev–Trinajstić information content (AvgIpc) is 2.80. The Balaban J connectivity index is 1.61. The van der Waals surface area contributed by atoms with Crippen LogP contribution in [0, 0.1) is 38.9 Å². The molecule has 4 saturated carbocycles. The zero-order valence-electron chi connectivity index (χ0n) is 23.6. The molecule has 4 fully saturated rings. The molecule has 7 unspecified atom stereocenters. The lowest BCUT2D eigenvalue weighted by Crippen LogP contribution is -2.62. The van der Waals surface area contributed by atoms with E-state index in [1.54, 1.807) is 0 Å². The molecule has 0 spiro atoms. The number of esters is 2. The van der Waals surface area contributed by atoms with E-state index in [0.29, 0.717) is 24.7 Å². The first kappa shape index (κ1) is 26.0. The molecule has 5 aliphatic carbocycles. The first-order valence-corrected chi connectivity index (χ1v) is 14.3. The minimum atomic E-state index is -0.772. The molecule has 5 aliphatic rings. The van der Waals surface area contributed by atoms with Crippen molar-refractivity contribution in [3.05, 3.63) is 11.1 Å². The molecule has 200 valence electrons. The van der Waals surface area contributed by atoms with Crippen LogP contribution in [0.5, 0.6) is 0 Å². The molecule has 5 rings (SSSR count). The number of carbonyl (C=O) groups excluding carboxylic acids is 3. The van der Waals surface area contributed by atoms with Crippen molar-refractivity contribution in [3.63, 3.8) is 0 Å². The van der Waals surface area contributed by atoms with Gasteiger partial charge in [0.15, 0.2) is 5.78 Å². The molecular formula is C31H46O5. The lowest BCUT2D eigenvalue weighted by molar-refractivity contribution is -0.181. The van der Waals surface area contributed by atoms with E-state index in [4.69, 9.17) is 9.47 Å². The van der Waals surface area contributed by atoms with Gasteiger partial charge in [0, 0.05) is 17.9 Å². The predicted molar refractivity (Wildman–Crippen MR) is 138 cm³/mol. The van der Waals surface area contributed by atoms with E-state index < -0.39 is 10.8 Å². The number of hydrogen-bond acceptors (Lipinski definition) is 5. The topological polar surface area (TPSA) is 69.7 Å². The van der Waals surface area contributed by atoms with Gasteiger partial charge >= 0.3 is 11.9 Å². The minimum Gasteiger partial charge on any atom is -0.468 e. The largest absolute Gasteiger partial charge is 0.468 e. The van der Waals surface area contributed by atoms with E-state index in [2.05, 4.69) is 20.8 Å². The monoisotopic (exact) mass is 498 g/mol. The Morgan fingerprint density at radius 1 is 0.889 bits per heavy atom. The molecule has 0 heterocycles. The maximum absolute atomic E-state index is 14.1. The number of Topliss-reactive ketones (excluding diaryl/α,β-unsaturated/α-hetero) is 1. The van der Waals surface area contributed by atoms with Gasteiger partial charge in [-0.25, -0.2) is 0 Å². The SMILES string of the molecule is COC(=O)C12CCC(C)(C)C(=O)C1=C1CCC3C4(C)CC(OC(C)=O)CCC4CCC3(C)C1(C)CC2. The lowest BCUT2D eigenvalue weighted by Gasteiger charge is -2.69. The highest BCUT2D eigenvalue weighted by Crippen LogP contribution is 2.74. The molecule has 5 nitrogen and oxygen atoms in total. The van der Waals surface area contributed by atoms with Gasteiger partial charge in [-0.2, -0.15) is 0 Å². The van der Waals surface area contributed by atoms with Crippen molar-refractivity contribution >= 4 is 17.7 Å². The van der Waals surface area contributed by atoms with Gasteiger partial charge in [0.25, 0.3) is 0 Å². The van der Waals surface area contributed by atoms with Crippen LogP contribution in [0.4, 0.5) is 0 Å². The van der Waals surface area contributed by atoms with Crippen molar-refractivity contribution in [3.8, 4) is 0 Å². The summed E-state index contributed by atoms with van der Waals surface area (Å²) in [5, 5.41) is 0. The number of carbonyl (C=O) groups is 3. The van der Waals surface area contributed by atoms with Crippen molar-refractivity contribution in [2.45, 2.75) is 118 Å². The standard InChI is InChI=1S/C31H46O5/c1-19(32)36-21-9-8-20-12-13-30(6)23(28(20,4)18-21)11-10-22-24-25(33)27(2,3)14-16-31(24,26(34)35-7)17-15-29(22,30)5/h20-21,23H,8-18H2,1-7H3. The van der Waals surface area contributed by atoms with Crippen LogP contribution in [-0.4, -0.2) is 30.9 Å². The Morgan fingerprint density at radius 2 is 1.58 bits per heavy atom. The fourth-order valence-corrected chi connectivity index (χ4v) is 10.1. The van der Waals surface area contributed by atoms with Crippen LogP contribution < -0.4 is 0 Å². The maximum Gasteiger partial charge on any atom is 0.316 e. The zero-order chi connectivity index (χ0) is 26.3. The molecule has 0 aromatic carbocycles. The van der Waals surface area contributed by atoms with Gasteiger partial charge in [-0.05, 0) is 98.7 Å². The minimum absolute atomic E-state index is 0.0118. The Hall–Kier alpha value is -1.65.